The van der Waals surface area contributed by atoms with Crippen LogP contribution in [0.2, 0.25) is 0 Å². The van der Waals surface area contributed by atoms with Crippen LogP contribution in [0.3, 0.4) is 0 Å². The summed E-state index contributed by atoms with van der Waals surface area (Å²) in [7, 11) is 0. The van der Waals surface area contributed by atoms with E-state index in [0.717, 1.165) is 38.8 Å². The fourth-order valence-corrected chi connectivity index (χ4v) is 2.88. The maximum Gasteiger partial charge on any atom is 0.144 e. The first kappa shape index (κ1) is 17.2. The maximum atomic E-state index is 9.48. The molecule has 0 radical (unpaired) electrons. The van der Waals surface area contributed by atoms with Crippen LogP contribution in [0.15, 0.2) is 5.16 Å². The standard InChI is InChI=1S/C15H31N3O2/c1-15(2,14(16)17-20)9-5-7-11-18-10-6-3-4-8-13(18)12-19/h13,19-20H,3-12H2,1-2H3,(H2,16,17). The van der Waals surface area contributed by atoms with Crippen molar-refractivity contribution in [3.8, 4) is 0 Å². The van der Waals surface area contributed by atoms with Crippen molar-refractivity contribution in [1.82, 2.24) is 4.90 Å². The summed E-state index contributed by atoms with van der Waals surface area (Å²) in [5.41, 5.74) is 5.45. The molecule has 5 heteroatoms. The fraction of sp³-hybridized carbons (Fsp3) is 0.933. The summed E-state index contributed by atoms with van der Waals surface area (Å²) >= 11 is 0. The molecule has 20 heavy (non-hydrogen) atoms. The van der Waals surface area contributed by atoms with Gasteiger partial charge in [0, 0.05) is 11.5 Å². The Labute approximate surface area is 122 Å². The zero-order chi connectivity index (χ0) is 15.0. The SMILES string of the molecule is CC(C)(CCCCN1CCCCCC1CO)C(N)=NO. The van der Waals surface area contributed by atoms with Crippen molar-refractivity contribution in [3.63, 3.8) is 0 Å². The minimum atomic E-state index is -0.246. The van der Waals surface area contributed by atoms with Crippen LogP contribution in [0, 0.1) is 5.41 Å². The van der Waals surface area contributed by atoms with Crippen LogP contribution in [0.25, 0.3) is 0 Å². The number of aliphatic hydroxyl groups excluding tert-OH is 1. The van der Waals surface area contributed by atoms with Gasteiger partial charge in [-0.2, -0.15) is 0 Å². The number of aliphatic hydroxyl groups is 1. The number of likely N-dealkylation sites (tertiary alicyclic amines) is 1. The number of unbranched alkanes of at least 4 members (excludes halogenated alkanes) is 1. The monoisotopic (exact) mass is 285 g/mol. The molecular weight excluding hydrogens is 254 g/mol. The average Bonchev–Trinajstić information content (AvgIpc) is 2.67. The molecule has 118 valence electrons. The third-order valence-corrected chi connectivity index (χ3v) is 4.51. The van der Waals surface area contributed by atoms with Crippen molar-refractivity contribution in [2.24, 2.45) is 16.3 Å². The van der Waals surface area contributed by atoms with E-state index in [-0.39, 0.29) is 12.0 Å². The van der Waals surface area contributed by atoms with Crippen molar-refractivity contribution in [2.45, 2.75) is 64.8 Å². The van der Waals surface area contributed by atoms with E-state index in [1.54, 1.807) is 0 Å². The van der Waals surface area contributed by atoms with Crippen LogP contribution in [0.1, 0.15) is 58.8 Å². The first-order chi connectivity index (χ1) is 9.51. The summed E-state index contributed by atoms with van der Waals surface area (Å²) in [4.78, 5) is 2.43. The molecule has 0 spiro atoms. The zero-order valence-corrected chi connectivity index (χ0v) is 13.0. The molecule has 1 aliphatic rings. The predicted octanol–water partition coefficient (Wildman–Crippen LogP) is 2.17. The molecule has 0 aromatic carbocycles. The number of hydrogen-bond donors (Lipinski definition) is 3. The quantitative estimate of drug-likeness (QED) is 0.220. The summed E-state index contributed by atoms with van der Waals surface area (Å²) in [6.07, 6.45) is 7.94. The van der Waals surface area contributed by atoms with E-state index in [9.17, 15) is 5.11 Å². The van der Waals surface area contributed by atoms with Crippen LogP contribution in [-0.2, 0) is 0 Å². The van der Waals surface area contributed by atoms with Crippen LogP contribution in [0.5, 0.6) is 0 Å². The van der Waals surface area contributed by atoms with Gasteiger partial charge in [-0.1, -0.05) is 38.3 Å². The molecule has 4 N–H and O–H groups in total. The van der Waals surface area contributed by atoms with Gasteiger partial charge >= 0.3 is 0 Å². The third-order valence-electron chi connectivity index (χ3n) is 4.51. The molecule has 0 aromatic heterocycles. The van der Waals surface area contributed by atoms with Gasteiger partial charge < -0.3 is 16.0 Å². The molecule has 0 aliphatic carbocycles. The average molecular weight is 285 g/mol. The number of nitrogens with two attached hydrogens (primary N) is 1. The maximum absolute atomic E-state index is 9.48. The Morgan fingerprint density at radius 1 is 1.30 bits per heavy atom. The molecular formula is C15H31N3O2. The molecule has 1 unspecified atom stereocenters. The topological polar surface area (TPSA) is 82.1 Å². The van der Waals surface area contributed by atoms with Gasteiger partial charge in [0.05, 0.1) is 6.61 Å². The highest BCUT2D eigenvalue weighted by atomic mass is 16.4. The Morgan fingerprint density at radius 3 is 2.70 bits per heavy atom. The van der Waals surface area contributed by atoms with E-state index in [2.05, 4.69) is 10.1 Å². The molecule has 1 aliphatic heterocycles. The molecule has 1 rings (SSSR count). The summed E-state index contributed by atoms with van der Waals surface area (Å²) in [6, 6.07) is 0.342. The first-order valence-electron chi connectivity index (χ1n) is 7.84. The van der Waals surface area contributed by atoms with Gasteiger partial charge in [-0.15, -0.1) is 0 Å². The largest absolute Gasteiger partial charge is 0.409 e. The fourth-order valence-electron chi connectivity index (χ4n) is 2.88. The highest BCUT2D eigenvalue weighted by molar-refractivity contribution is 5.85. The van der Waals surface area contributed by atoms with E-state index < -0.39 is 0 Å². The van der Waals surface area contributed by atoms with Crippen LogP contribution in [-0.4, -0.2) is 46.8 Å². The number of rotatable bonds is 7. The third kappa shape index (κ3) is 5.29. The Hall–Kier alpha value is -0.810. The minimum Gasteiger partial charge on any atom is -0.409 e. The molecule has 0 bridgehead atoms. The number of hydrogen-bond acceptors (Lipinski definition) is 4. The van der Waals surface area contributed by atoms with Crippen molar-refractivity contribution in [2.75, 3.05) is 19.7 Å². The summed E-state index contributed by atoms with van der Waals surface area (Å²) in [5.74, 6) is 0.306. The number of nitrogens with zero attached hydrogens (tertiary/aromatic N) is 2. The summed E-state index contributed by atoms with van der Waals surface area (Å²) < 4.78 is 0. The van der Waals surface area contributed by atoms with Crippen LogP contribution >= 0.6 is 0 Å². The molecule has 0 amide bonds. The first-order valence-corrected chi connectivity index (χ1v) is 7.84. The second kappa shape index (κ2) is 8.47. The summed E-state index contributed by atoms with van der Waals surface area (Å²) in [5, 5.41) is 21.3. The second-order valence-corrected chi connectivity index (χ2v) is 6.55. The van der Waals surface area contributed by atoms with Gasteiger partial charge in [-0.05, 0) is 38.8 Å². The number of amidine groups is 1. The predicted molar refractivity (Wildman–Crippen MR) is 82.0 cm³/mol. The van der Waals surface area contributed by atoms with E-state index in [1.165, 1.54) is 19.3 Å². The van der Waals surface area contributed by atoms with Gasteiger partial charge in [0.15, 0.2) is 0 Å². The lowest BCUT2D eigenvalue weighted by atomic mass is 9.86. The highest BCUT2D eigenvalue weighted by Crippen LogP contribution is 2.24. The van der Waals surface area contributed by atoms with E-state index >= 15 is 0 Å². The smallest absolute Gasteiger partial charge is 0.144 e. The van der Waals surface area contributed by atoms with Crippen LogP contribution < -0.4 is 5.73 Å². The van der Waals surface area contributed by atoms with E-state index in [0.29, 0.717) is 11.9 Å². The Kier molecular flexibility index (Phi) is 7.30. The Bertz CT molecular complexity index is 305. The van der Waals surface area contributed by atoms with Gasteiger partial charge in [-0.25, -0.2) is 0 Å². The van der Waals surface area contributed by atoms with Crippen molar-refractivity contribution in [1.29, 1.82) is 0 Å². The molecule has 5 nitrogen and oxygen atoms in total. The van der Waals surface area contributed by atoms with Crippen molar-refractivity contribution < 1.29 is 10.3 Å². The Morgan fingerprint density at radius 2 is 2.05 bits per heavy atom. The molecule has 0 aromatic rings. The van der Waals surface area contributed by atoms with Gasteiger partial charge in [0.25, 0.3) is 0 Å². The lowest BCUT2D eigenvalue weighted by Crippen LogP contribution is -2.38. The zero-order valence-electron chi connectivity index (χ0n) is 13.0. The van der Waals surface area contributed by atoms with Crippen molar-refractivity contribution in [3.05, 3.63) is 0 Å². The van der Waals surface area contributed by atoms with Gasteiger partial charge in [-0.3, -0.25) is 4.90 Å². The number of oxime groups is 1. The molecule has 1 fully saturated rings. The lowest BCUT2D eigenvalue weighted by Gasteiger charge is -2.29. The van der Waals surface area contributed by atoms with Gasteiger partial charge in [0.2, 0.25) is 0 Å². The van der Waals surface area contributed by atoms with Crippen molar-refractivity contribution >= 4 is 5.84 Å². The lowest BCUT2D eigenvalue weighted by molar-refractivity contribution is 0.122. The second-order valence-electron chi connectivity index (χ2n) is 6.55. The normalized spacial score (nSPS) is 22.8. The molecule has 0 saturated carbocycles. The molecule has 1 atom stereocenters. The minimum absolute atomic E-state index is 0.246. The molecule has 1 saturated heterocycles. The summed E-state index contributed by atoms with van der Waals surface area (Å²) in [6.45, 7) is 6.43. The van der Waals surface area contributed by atoms with Crippen LogP contribution in [0.4, 0.5) is 0 Å². The van der Waals surface area contributed by atoms with E-state index in [4.69, 9.17) is 10.9 Å². The molecule has 1 heterocycles. The Balaban J connectivity index is 2.32. The van der Waals surface area contributed by atoms with Gasteiger partial charge in [0.1, 0.15) is 5.84 Å². The van der Waals surface area contributed by atoms with E-state index in [1.807, 2.05) is 13.8 Å². The highest BCUT2D eigenvalue weighted by Gasteiger charge is 2.24.